The summed E-state index contributed by atoms with van der Waals surface area (Å²) in [6, 6.07) is 13.3. The Kier molecular flexibility index (Phi) is 4.91. The molecule has 1 aromatic carbocycles. The molecule has 0 spiro atoms. The smallest absolute Gasteiger partial charge is 0.258 e. The molecule has 0 bridgehead atoms. The topological polar surface area (TPSA) is 64.4 Å². The molecular weight excluding hydrogens is 304 g/mol. The average Bonchev–Trinajstić information content (AvgIpc) is 3.14. The predicted molar refractivity (Wildman–Crippen MR) is 90.5 cm³/mol. The highest BCUT2D eigenvalue weighted by Gasteiger charge is 2.04. The minimum absolute atomic E-state index is 0.0103. The Morgan fingerprint density at radius 3 is 2.67 bits per heavy atom. The molecule has 0 radical (unpaired) electrons. The number of furan rings is 1. The van der Waals surface area contributed by atoms with Gasteiger partial charge in [-0.25, -0.2) is 0 Å². The zero-order chi connectivity index (χ0) is 16.8. The molecule has 2 aromatic heterocycles. The number of carbonyl (C=O) groups excluding carboxylic acids is 1. The van der Waals surface area contributed by atoms with Crippen LogP contribution in [-0.2, 0) is 11.3 Å². The molecule has 0 aliphatic rings. The third-order valence-electron chi connectivity index (χ3n) is 3.52. The Morgan fingerprint density at radius 1 is 1.17 bits per heavy atom. The molecule has 0 aliphatic carbocycles. The molecule has 24 heavy (non-hydrogen) atoms. The quantitative estimate of drug-likeness (QED) is 0.756. The highest BCUT2D eigenvalue weighted by Crippen LogP contribution is 2.17. The van der Waals surface area contributed by atoms with Gasteiger partial charge in [-0.1, -0.05) is 23.8 Å². The van der Waals surface area contributed by atoms with Gasteiger partial charge in [0.1, 0.15) is 5.75 Å². The van der Waals surface area contributed by atoms with Crippen molar-refractivity contribution in [1.29, 1.82) is 0 Å². The molecular formula is C19H18N2O3. The molecule has 0 unspecified atom stereocenters. The van der Waals surface area contributed by atoms with Gasteiger partial charge in [-0.05, 0) is 36.8 Å². The van der Waals surface area contributed by atoms with Crippen molar-refractivity contribution in [2.45, 2.75) is 13.5 Å². The van der Waals surface area contributed by atoms with Gasteiger partial charge in [0.25, 0.3) is 5.91 Å². The van der Waals surface area contributed by atoms with Crippen LogP contribution >= 0.6 is 0 Å². The fraction of sp³-hybridized carbons (Fsp3) is 0.158. The monoisotopic (exact) mass is 322 g/mol. The summed E-state index contributed by atoms with van der Waals surface area (Å²) in [5.41, 5.74) is 3.84. The first kappa shape index (κ1) is 15.8. The normalized spacial score (nSPS) is 10.4. The minimum atomic E-state index is -0.172. The number of aryl methyl sites for hydroxylation is 1. The first-order chi connectivity index (χ1) is 11.7. The van der Waals surface area contributed by atoms with Gasteiger partial charge in [-0.15, -0.1) is 0 Å². The Bertz CT molecular complexity index is 778. The van der Waals surface area contributed by atoms with E-state index in [0.717, 1.165) is 22.4 Å². The van der Waals surface area contributed by atoms with E-state index in [-0.39, 0.29) is 12.5 Å². The van der Waals surface area contributed by atoms with E-state index in [1.807, 2.05) is 49.4 Å². The van der Waals surface area contributed by atoms with Crippen molar-refractivity contribution in [2.24, 2.45) is 0 Å². The number of pyridine rings is 1. The van der Waals surface area contributed by atoms with Crippen molar-refractivity contribution in [2.75, 3.05) is 6.61 Å². The third kappa shape index (κ3) is 4.23. The lowest BCUT2D eigenvalue weighted by Gasteiger charge is -2.08. The summed E-state index contributed by atoms with van der Waals surface area (Å²) < 4.78 is 10.5. The van der Waals surface area contributed by atoms with Crippen molar-refractivity contribution in [3.05, 3.63) is 72.3 Å². The zero-order valence-corrected chi connectivity index (χ0v) is 13.4. The summed E-state index contributed by atoms with van der Waals surface area (Å²) in [6.07, 6.45) is 4.99. The van der Waals surface area contributed by atoms with Crippen LogP contribution in [0.5, 0.6) is 5.75 Å². The summed E-state index contributed by atoms with van der Waals surface area (Å²) in [7, 11) is 0. The van der Waals surface area contributed by atoms with Gasteiger partial charge >= 0.3 is 0 Å². The van der Waals surface area contributed by atoms with Crippen molar-refractivity contribution >= 4 is 5.91 Å². The molecule has 0 saturated heterocycles. The molecule has 1 amide bonds. The third-order valence-corrected chi connectivity index (χ3v) is 3.52. The maximum absolute atomic E-state index is 11.8. The SMILES string of the molecule is Cc1ccc(OCC(=O)NCc2ccc(-c3ccoc3)nc2)cc1. The lowest BCUT2D eigenvalue weighted by molar-refractivity contribution is -0.123. The molecule has 5 nitrogen and oxygen atoms in total. The van der Waals surface area contributed by atoms with Crippen LogP contribution < -0.4 is 10.1 Å². The van der Waals surface area contributed by atoms with E-state index < -0.39 is 0 Å². The molecule has 0 atom stereocenters. The fourth-order valence-corrected chi connectivity index (χ4v) is 2.15. The Labute approximate surface area is 140 Å². The van der Waals surface area contributed by atoms with Gasteiger partial charge in [0, 0.05) is 18.3 Å². The van der Waals surface area contributed by atoms with Crippen LogP contribution in [0.15, 0.2) is 65.6 Å². The van der Waals surface area contributed by atoms with Crippen LogP contribution in [0.3, 0.4) is 0 Å². The summed E-state index contributed by atoms with van der Waals surface area (Å²) in [4.78, 5) is 16.2. The van der Waals surface area contributed by atoms with Crippen LogP contribution in [0.25, 0.3) is 11.3 Å². The number of rotatable bonds is 6. The van der Waals surface area contributed by atoms with Gasteiger partial charge in [-0.2, -0.15) is 0 Å². The van der Waals surface area contributed by atoms with Crippen LogP contribution in [-0.4, -0.2) is 17.5 Å². The van der Waals surface area contributed by atoms with Gasteiger partial charge in [0.05, 0.1) is 18.2 Å². The molecule has 0 fully saturated rings. The first-order valence-corrected chi connectivity index (χ1v) is 7.64. The van der Waals surface area contributed by atoms with E-state index in [4.69, 9.17) is 9.15 Å². The maximum atomic E-state index is 11.8. The molecule has 122 valence electrons. The second-order valence-electron chi connectivity index (χ2n) is 5.44. The second kappa shape index (κ2) is 7.46. The van der Waals surface area contributed by atoms with Crippen LogP contribution in [0, 0.1) is 6.92 Å². The first-order valence-electron chi connectivity index (χ1n) is 7.64. The fourth-order valence-electron chi connectivity index (χ4n) is 2.15. The van der Waals surface area contributed by atoms with Gasteiger partial charge in [0.15, 0.2) is 6.61 Å². The summed E-state index contributed by atoms with van der Waals surface area (Å²) >= 11 is 0. The number of ether oxygens (including phenoxy) is 1. The number of hydrogen-bond acceptors (Lipinski definition) is 4. The Morgan fingerprint density at radius 2 is 2.00 bits per heavy atom. The zero-order valence-electron chi connectivity index (χ0n) is 13.4. The number of nitrogens with zero attached hydrogens (tertiary/aromatic N) is 1. The maximum Gasteiger partial charge on any atom is 0.258 e. The Balaban J connectivity index is 1.46. The molecule has 3 rings (SSSR count). The standard InChI is InChI=1S/C19H18N2O3/c1-14-2-5-17(6-3-14)24-13-19(22)21-11-15-4-7-18(20-10-15)16-8-9-23-12-16/h2-10,12H,11,13H2,1H3,(H,21,22). The molecule has 0 saturated carbocycles. The number of nitrogens with one attached hydrogen (secondary N) is 1. The molecule has 3 aromatic rings. The molecule has 2 heterocycles. The van der Waals surface area contributed by atoms with Gasteiger partial charge in [-0.3, -0.25) is 9.78 Å². The number of carbonyl (C=O) groups is 1. The van der Waals surface area contributed by atoms with Crippen molar-refractivity contribution in [1.82, 2.24) is 10.3 Å². The van der Waals surface area contributed by atoms with E-state index in [1.165, 1.54) is 0 Å². The largest absolute Gasteiger partial charge is 0.484 e. The van der Waals surface area contributed by atoms with Crippen LogP contribution in [0.2, 0.25) is 0 Å². The Hall–Kier alpha value is -3.08. The summed E-state index contributed by atoms with van der Waals surface area (Å²) in [6.45, 7) is 2.40. The van der Waals surface area contributed by atoms with Crippen LogP contribution in [0.4, 0.5) is 0 Å². The van der Waals surface area contributed by atoms with E-state index in [2.05, 4.69) is 10.3 Å². The highest BCUT2D eigenvalue weighted by molar-refractivity contribution is 5.77. The number of hydrogen-bond donors (Lipinski definition) is 1. The van der Waals surface area contributed by atoms with Crippen molar-refractivity contribution < 1.29 is 13.9 Å². The molecule has 0 aliphatic heterocycles. The van der Waals surface area contributed by atoms with E-state index >= 15 is 0 Å². The summed E-state index contributed by atoms with van der Waals surface area (Å²) in [5, 5.41) is 2.81. The number of benzene rings is 1. The number of amides is 1. The predicted octanol–water partition coefficient (Wildman–Crippen LogP) is 3.35. The lowest BCUT2D eigenvalue weighted by Crippen LogP contribution is -2.28. The highest BCUT2D eigenvalue weighted by atomic mass is 16.5. The van der Waals surface area contributed by atoms with Crippen molar-refractivity contribution in [3.8, 4) is 17.0 Å². The second-order valence-corrected chi connectivity index (χ2v) is 5.44. The van der Waals surface area contributed by atoms with E-state index in [1.54, 1.807) is 18.7 Å². The molecule has 1 N–H and O–H groups in total. The van der Waals surface area contributed by atoms with Gasteiger partial charge < -0.3 is 14.5 Å². The van der Waals surface area contributed by atoms with E-state index in [0.29, 0.717) is 12.3 Å². The average molecular weight is 322 g/mol. The molecule has 5 heteroatoms. The lowest BCUT2D eigenvalue weighted by atomic mass is 10.2. The number of aromatic nitrogens is 1. The van der Waals surface area contributed by atoms with Gasteiger partial charge in [0.2, 0.25) is 0 Å². The summed E-state index contributed by atoms with van der Waals surface area (Å²) in [5.74, 6) is 0.511. The minimum Gasteiger partial charge on any atom is -0.484 e. The van der Waals surface area contributed by atoms with E-state index in [9.17, 15) is 4.79 Å². The van der Waals surface area contributed by atoms with Crippen LogP contribution in [0.1, 0.15) is 11.1 Å². The van der Waals surface area contributed by atoms with Crippen molar-refractivity contribution in [3.63, 3.8) is 0 Å².